The van der Waals surface area contributed by atoms with Gasteiger partial charge in [-0.3, -0.25) is 4.79 Å². The van der Waals surface area contributed by atoms with Crippen LogP contribution in [-0.4, -0.2) is 38.4 Å². The molecule has 4 nitrogen and oxygen atoms in total. The molecule has 0 atom stereocenters. The minimum atomic E-state index is -4.31. The Morgan fingerprint density at radius 3 is 2.53 bits per heavy atom. The van der Waals surface area contributed by atoms with E-state index >= 15 is 0 Å². The van der Waals surface area contributed by atoms with Crippen LogP contribution >= 0.6 is 0 Å². The van der Waals surface area contributed by atoms with Crippen LogP contribution in [-0.2, 0) is 9.53 Å². The first-order valence-corrected chi connectivity index (χ1v) is 5.67. The van der Waals surface area contributed by atoms with Crippen LogP contribution in [0.1, 0.15) is 0 Å². The first-order valence-electron chi connectivity index (χ1n) is 5.67. The Bertz CT molecular complexity index is 382. The molecule has 7 heteroatoms. The van der Waals surface area contributed by atoms with Gasteiger partial charge in [-0.15, -0.1) is 0 Å². The Labute approximate surface area is 108 Å². The molecular weight excluding hydrogens is 261 g/mol. The van der Waals surface area contributed by atoms with Crippen molar-refractivity contribution in [1.29, 1.82) is 0 Å². The van der Waals surface area contributed by atoms with Crippen molar-refractivity contribution in [3.05, 3.63) is 30.3 Å². The summed E-state index contributed by atoms with van der Waals surface area (Å²) in [6.45, 7) is -1.18. The summed E-state index contributed by atoms with van der Waals surface area (Å²) < 4.78 is 39.6. The van der Waals surface area contributed by atoms with Gasteiger partial charge in [-0.05, 0) is 12.1 Å². The number of anilines is 1. The van der Waals surface area contributed by atoms with E-state index in [0.717, 1.165) is 0 Å². The lowest BCUT2D eigenvalue weighted by Gasteiger charge is -2.08. The molecule has 1 amide bonds. The van der Waals surface area contributed by atoms with Crippen LogP contribution in [0.4, 0.5) is 18.9 Å². The van der Waals surface area contributed by atoms with Crippen molar-refractivity contribution in [2.45, 2.75) is 6.18 Å². The molecule has 0 radical (unpaired) electrons. The number of carbonyl (C=O) groups is 1. The van der Waals surface area contributed by atoms with Crippen molar-refractivity contribution in [2.24, 2.45) is 0 Å². The molecule has 0 saturated carbocycles. The molecule has 0 saturated heterocycles. The van der Waals surface area contributed by atoms with Crippen LogP contribution in [0.3, 0.4) is 0 Å². The summed E-state index contributed by atoms with van der Waals surface area (Å²) in [7, 11) is 0. The average molecular weight is 276 g/mol. The zero-order valence-electron chi connectivity index (χ0n) is 10.2. The first-order chi connectivity index (χ1) is 8.97. The van der Waals surface area contributed by atoms with Gasteiger partial charge in [0, 0.05) is 12.2 Å². The molecule has 1 aromatic rings. The molecule has 0 bridgehead atoms. The van der Waals surface area contributed by atoms with E-state index in [1.165, 1.54) is 0 Å². The third-order valence-electron chi connectivity index (χ3n) is 2.03. The van der Waals surface area contributed by atoms with Crippen molar-refractivity contribution in [3.63, 3.8) is 0 Å². The predicted octanol–water partition coefficient (Wildman–Crippen LogP) is 1.79. The molecule has 0 spiro atoms. The lowest BCUT2D eigenvalue weighted by molar-refractivity contribution is -0.173. The molecule has 19 heavy (non-hydrogen) atoms. The zero-order valence-corrected chi connectivity index (χ0v) is 10.2. The number of rotatable bonds is 7. The van der Waals surface area contributed by atoms with Crippen LogP contribution in [0.2, 0.25) is 0 Å². The smallest absolute Gasteiger partial charge is 0.371 e. The summed E-state index contributed by atoms with van der Waals surface area (Å²) in [5, 5.41) is 5.32. The third kappa shape index (κ3) is 8.17. The van der Waals surface area contributed by atoms with Gasteiger partial charge < -0.3 is 15.4 Å². The minimum absolute atomic E-state index is 0.0181. The van der Waals surface area contributed by atoms with Gasteiger partial charge in [0.1, 0.15) is 6.61 Å². The lowest BCUT2D eigenvalue weighted by atomic mass is 10.3. The fourth-order valence-corrected chi connectivity index (χ4v) is 1.26. The van der Waals surface area contributed by atoms with Crippen molar-refractivity contribution >= 4 is 11.6 Å². The molecule has 0 aliphatic carbocycles. The Kier molecular flexibility index (Phi) is 6.31. The maximum absolute atomic E-state index is 11.7. The SMILES string of the molecule is O=C(CNCCOCC(F)(F)F)Nc1ccccc1. The largest absolute Gasteiger partial charge is 0.411 e. The zero-order chi connectivity index (χ0) is 14.1. The van der Waals surface area contributed by atoms with Crippen molar-refractivity contribution in [1.82, 2.24) is 5.32 Å². The van der Waals surface area contributed by atoms with Gasteiger partial charge in [-0.1, -0.05) is 18.2 Å². The molecule has 0 aromatic heterocycles. The normalized spacial score (nSPS) is 11.3. The second kappa shape index (κ2) is 7.75. The van der Waals surface area contributed by atoms with E-state index in [1.54, 1.807) is 24.3 Å². The minimum Gasteiger partial charge on any atom is -0.371 e. The molecule has 0 aliphatic rings. The number of carbonyl (C=O) groups excluding carboxylic acids is 1. The Morgan fingerprint density at radius 2 is 1.89 bits per heavy atom. The number of nitrogens with one attached hydrogen (secondary N) is 2. The summed E-state index contributed by atoms with van der Waals surface area (Å²) in [6.07, 6.45) is -4.31. The lowest BCUT2D eigenvalue weighted by Crippen LogP contribution is -2.31. The number of ether oxygens (including phenoxy) is 1. The van der Waals surface area contributed by atoms with E-state index in [2.05, 4.69) is 15.4 Å². The monoisotopic (exact) mass is 276 g/mol. The van der Waals surface area contributed by atoms with Gasteiger partial charge >= 0.3 is 6.18 Å². The summed E-state index contributed by atoms with van der Waals surface area (Å²) in [6, 6.07) is 8.88. The van der Waals surface area contributed by atoms with Crippen LogP contribution < -0.4 is 10.6 Å². The van der Waals surface area contributed by atoms with Gasteiger partial charge in [-0.2, -0.15) is 13.2 Å². The molecule has 1 rings (SSSR count). The number of hydrogen-bond donors (Lipinski definition) is 2. The van der Waals surface area contributed by atoms with Crippen LogP contribution in [0.5, 0.6) is 0 Å². The molecular formula is C12H15F3N2O2. The Balaban J connectivity index is 2.05. The Morgan fingerprint density at radius 1 is 1.21 bits per heavy atom. The molecule has 1 aromatic carbocycles. The van der Waals surface area contributed by atoms with Gasteiger partial charge in [0.25, 0.3) is 0 Å². The molecule has 0 unspecified atom stereocenters. The molecule has 0 heterocycles. The highest BCUT2D eigenvalue weighted by Gasteiger charge is 2.27. The number of amides is 1. The number of halogens is 3. The van der Waals surface area contributed by atoms with Crippen molar-refractivity contribution in [3.8, 4) is 0 Å². The van der Waals surface area contributed by atoms with E-state index in [9.17, 15) is 18.0 Å². The fraction of sp³-hybridized carbons (Fsp3) is 0.417. The van der Waals surface area contributed by atoms with Gasteiger partial charge in [-0.25, -0.2) is 0 Å². The number of benzene rings is 1. The van der Waals surface area contributed by atoms with E-state index < -0.39 is 12.8 Å². The standard InChI is InChI=1S/C12H15F3N2O2/c13-12(14,15)9-19-7-6-16-8-11(18)17-10-4-2-1-3-5-10/h1-5,16H,6-9H2,(H,17,18). The molecule has 0 aliphatic heterocycles. The quantitative estimate of drug-likeness (QED) is 0.747. The topological polar surface area (TPSA) is 50.4 Å². The second-order valence-electron chi connectivity index (χ2n) is 3.76. The maximum Gasteiger partial charge on any atom is 0.411 e. The van der Waals surface area contributed by atoms with Gasteiger partial charge in [0.05, 0.1) is 13.2 Å². The fourth-order valence-electron chi connectivity index (χ4n) is 1.26. The van der Waals surface area contributed by atoms with E-state index in [4.69, 9.17) is 0 Å². The van der Waals surface area contributed by atoms with E-state index in [0.29, 0.717) is 5.69 Å². The van der Waals surface area contributed by atoms with Crippen molar-refractivity contribution < 1.29 is 22.7 Å². The Hall–Kier alpha value is -1.60. The highest BCUT2D eigenvalue weighted by Crippen LogP contribution is 2.13. The third-order valence-corrected chi connectivity index (χ3v) is 2.03. The van der Waals surface area contributed by atoms with Crippen LogP contribution in [0, 0.1) is 0 Å². The molecule has 106 valence electrons. The van der Waals surface area contributed by atoms with E-state index in [-0.39, 0.29) is 25.6 Å². The highest BCUT2D eigenvalue weighted by atomic mass is 19.4. The van der Waals surface area contributed by atoms with E-state index in [1.807, 2.05) is 6.07 Å². The van der Waals surface area contributed by atoms with Crippen molar-refractivity contribution in [2.75, 3.05) is 31.6 Å². The van der Waals surface area contributed by atoms with Crippen LogP contribution in [0.15, 0.2) is 30.3 Å². The number of hydrogen-bond acceptors (Lipinski definition) is 3. The van der Waals surface area contributed by atoms with Gasteiger partial charge in [0.2, 0.25) is 5.91 Å². The summed E-state index contributed by atoms with van der Waals surface area (Å²) in [5.41, 5.74) is 0.669. The predicted molar refractivity (Wildman–Crippen MR) is 64.8 cm³/mol. The van der Waals surface area contributed by atoms with Gasteiger partial charge in [0.15, 0.2) is 0 Å². The first kappa shape index (κ1) is 15.5. The molecule has 2 N–H and O–H groups in total. The summed E-state index contributed by atoms with van der Waals surface area (Å²) >= 11 is 0. The summed E-state index contributed by atoms with van der Waals surface area (Å²) in [4.78, 5) is 11.4. The second-order valence-corrected chi connectivity index (χ2v) is 3.76. The number of alkyl halides is 3. The average Bonchev–Trinajstić information content (AvgIpc) is 2.33. The maximum atomic E-state index is 11.7. The molecule has 0 fully saturated rings. The number of para-hydroxylation sites is 1. The summed E-state index contributed by atoms with van der Waals surface area (Å²) in [5.74, 6) is -0.262. The van der Waals surface area contributed by atoms with Crippen LogP contribution in [0.25, 0.3) is 0 Å². The highest BCUT2D eigenvalue weighted by molar-refractivity contribution is 5.92.